The van der Waals surface area contributed by atoms with E-state index in [0.717, 1.165) is 11.1 Å². The Morgan fingerprint density at radius 2 is 1.83 bits per heavy atom. The Hall–Kier alpha value is -2.82. The maximum Gasteiger partial charge on any atom is 0.509 e. The van der Waals surface area contributed by atoms with Crippen molar-refractivity contribution in [1.82, 2.24) is 0 Å². The van der Waals surface area contributed by atoms with E-state index < -0.39 is 51.2 Å². The van der Waals surface area contributed by atoms with Crippen LogP contribution < -0.4 is 0 Å². The minimum Gasteiger partial charge on any atom is -0.434 e. The number of hydrogen-bond acceptors (Lipinski definition) is 9. The van der Waals surface area contributed by atoms with Crippen molar-refractivity contribution < 1.29 is 41.6 Å². The van der Waals surface area contributed by atoms with Gasteiger partial charge >= 0.3 is 6.16 Å². The molecule has 0 bridgehead atoms. The molecule has 1 aromatic carbocycles. The highest BCUT2D eigenvalue weighted by Gasteiger charge is 2.70. The average Bonchev–Trinajstić information content (AvgIpc) is 3.23. The number of carbonyl (C=O) groups excluding carboxylic acids is 3. The van der Waals surface area contributed by atoms with E-state index in [0.29, 0.717) is 25.7 Å². The fraction of sp³-hybridized carbons (Fsp3) is 0.594. The van der Waals surface area contributed by atoms with Crippen LogP contribution in [0.25, 0.3) is 0 Å². The molecule has 9 nitrogen and oxygen atoms in total. The fourth-order valence-corrected chi connectivity index (χ4v) is 9.24. The van der Waals surface area contributed by atoms with Gasteiger partial charge in [0.15, 0.2) is 11.4 Å². The summed E-state index contributed by atoms with van der Waals surface area (Å²) in [7, 11) is -4.26. The molecule has 0 radical (unpaired) electrons. The largest absolute Gasteiger partial charge is 0.509 e. The van der Waals surface area contributed by atoms with Crippen molar-refractivity contribution in [1.29, 1.82) is 0 Å². The standard InChI is InChI=1S/C32H40O9S/c1-5-16-39-29(36)41-32(27(35)19-40-42(37,38)23-9-6-20(2)7-10-23)15-13-25-24-11-8-21-17-22(33)12-14-30(21,3)28(24)26(34)18-31(25,32)4/h6-7,9-10,12,14,17,24-26,28,34H,5,8,11,13,15-16,18-19H2,1-4H3/t24-,25-,26?,28+,30-,31-,32-/m0/s1. The molecule has 228 valence electrons. The first kappa shape index (κ1) is 30.6. The van der Waals surface area contributed by atoms with Crippen molar-refractivity contribution in [3.63, 3.8) is 0 Å². The van der Waals surface area contributed by atoms with Gasteiger partial charge in [0.05, 0.1) is 17.6 Å². The van der Waals surface area contributed by atoms with Crippen LogP contribution in [0.15, 0.2) is 53.0 Å². The van der Waals surface area contributed by atoms with Gasteiger partial charge < -0.3 is 14.6 Å². The predicted octanol–water partition coefficient (Wildman–Crippen LogP) is 4.85. The number of aliphatic hydroxyl groups excluding tert-OH is 1. The van der Waals surface area contributed by atoms with E-state index in [1.165, 1.54) is 12.1 Å². The van der Waals surface area contributed by atoms with Gasteiger partial charge in [-0.05, 0) is 81.6 Å². The third-order valence-electron chi connectivity index (χ3n) is 10.4. The lowest BCUT2D eigenvalue weighted by Crippen LogP contribution is -2.63. The molecular formula is C32H40O9S. The second-order valence-corrected chi connectivity index (χ2v) is 14.3. The third-order valence-corrected chi connectivity index (χ3v) is 11.7. The SMILES string of the molecule is CCCOC(=O)O[C@]1(C(=O)COS(=O)(=O)c2ccc(C)cc2)CC[C@H]2[C@@H]3CCC4=CC(=O)C=C[C@]4(C)[C@H]3C(O)C[C@@]21C. The molecule has 5 rings (SSSR count). The minimum absolute atomic E-state index is 0.0131. The van der Waals surface area contributed by atoms with E-state index in [4.69, 9.17) is 13.7 Å². The van der Waals surface area contributed by atoms with Gasteiger partial charge in [-0.15, -0.1) is 0 Å². The van der Waals surface area contributed by atoms with Crippen molar-refractivity contribution >= 4 is 27.8 Å². The van der Waals surface area contributed by atoms with E-state index in [9.17, 15) is 27.9 Å². The molecule has 0 amide bonds. The summed E-state index contributed by atoms with van der Waals surface area (Å²) in [5.41, 5.74) is -1.37. The summed E-state index contributed by atoms with van der Waals surface area (Å²) in [6, 6.07) is 6.09. The number of aliphatic hydroxyl groups is 1. The Balaban J connectivity index is 1.47. The summed E-state index contributed by atoms with van der Waals surface area (Å²) >= 11 is 0. The molecule has 10 heteroatoms. The van der Waals surface area contributed by atoms with Gasteiger partial charge in [-0.1, -0.05) is 50.1 Å². The molecular weight excluding hydrogens is 560 g/mol. The number of benzene rings is 1. The van der Waals surface area contributed by atoms with Crippen LogP contribution in [-0.2, 0) is 33.4 Å². The summed E-state index contributed by atoms with van der Waals surface area (Å²) in [5.74, 6) is -1.03. The topological polar surface area (TPSA) is 133 Å². The van der Waals surface area contributed by atoms with E-state index in [1.807, 2.05) is 26.8 Å². The van der Waals surface area contributed by atoms with Crippen LogP contribution >= 0.6 is 0 Å². The molecule has 3 fully saturated rings. The second kappa shape index (κ2) is 11.0. The van der Waals surface area contributed by atoms with E-state index >= 15 is 0 Å². The van der Waals surface area contributed by atoms with E-state index in [2.05, 4.69) is 6.92 Å². The van der Waals surface area contributed by atoms with Gasteiger partial charge in [0.2, 0.25) is 5.78 Å². The van der Waals surface area contributed by atoms with Crippen LogP contribution in [0.4, 0.5) is 4.79 Å². The van der Waals surface area contributed by atoms with Gasteiger partial charge in [0.25, 0.3) is 10.1 Å². The van der Waals surface area contributed by atoms with Crippen molar-refractivity contribution in [3.05, 3.63) is 53.6 Å². The van der Waals surface area contributed by atoms with E-state index in [1.54, 1.807) is 24.3 Å². The summed E-state index contributed by atoms with van der Waals surface area (Å²) in [6.07, 6.45) is 6.10. The number of ether oxygens (including phenoxy) is 2. The predicted molar refractivity (Wildman–Crippen MR) is 153 cm³/mol. The lowest BCUT2D eigenvalue weighted by molar-refractivity contribution is -0.183. The number of Topliss-reactive ketones (excluding diaryl/α,β-unsaturated/α-hetero) is 1. The van der Waals surface area contributed by atoms with Crippen LogP contribution in [0.1, 0.15) is 64.9 Å². The Labute approximate surface area is 247 Å². The third kappa shape index (κ3) is 4.95. The number of fused-ring (bicyclic) bond motifs is 5. The van der Waals surface area contributed by atoms with Gasteiger partial charge in [-0.3, -0.25) is 13.8 Å². The van der Waals surface area contributed by atoms with Crippen LogP contribution in [-0.4, -0.2) is 56.2 Å². The summed E-state index contributed by atoms with van der Waals surface area (Å²) in [5, 5.41) is 11.8. The van der Waals surface area contributed by atoms with Crippen molar-refractivity contribution in [2.45, 2.75) is 82.8 Å². The highest BCUT2D eigenvalue weighted by atomic mass is 32.2. The molecule has 1 N–H and O–H groups in total. The summed E-state index contributed by atoms with van der Waals surface area (Å²) < 4.78 is 42.3. The van der Waals surface area contributed by atoms with Crippen molar-refractivity contribution in [2.75, 3.05) is 13.2 Å². The van der Waals surface area contributed by atoms with E-state index in [-0.39, 0.29) is 47.9 Å². The zero-order valence-corrected chi connectivity index (χ0v) is 25.4. The van der Waals surface area contributed by atoms with Crippen LogP contribution in [0.5, 0.6) is 0 Å². The number of rotatable bonds is 8. The summed E-state index contributed by atoms with van der Waals surface area (Å²) in [4.78, 5) is 39.1. The Morgan fingerprint density at radius 3 is 2.52 bits per heavy atom. The molecule has 42 heavy (non-hydrogen) atoms. The molecule has 1 unspecified atom stereocenters. The first-order chi connectivity index (χ1) is 19.8. The number of ketones is 2. The molecule has 0 heterocycles. The average molecular weight is 601 g/mol. The summed E-state index contributed by atoms with van der Waals surface area (Å²) in [6.45, 7) is 6.86. The highest BCUT2D eigenvalue weighted by Crippen LogP contribution is 2.68. The molecule has 4 aliphatic rings. The maximum absolute atomic E-state index is 14.1. The monoisotopic (exact) mass is 600 g/mol. The first-order valence-electron chi connectivity index (χ1n) is 14.7. The fourth-order valence-electron chi connectivity index (χ4n) is 8.37. The molecule has 0 saturated heterocycles. The Bertz CT molecular complexity index is 1430. The normalized spacial score (nSPS) is 35.5. The zero-order chi connectivity index (χ0) is 30.5. The molecule has 4 aliphatic carbocycles. The lowest BCUT2D eigenvalue weighted by Gasteiger charge is -2.59. The molecule has 0 aromatic heterocycles. The molecule has 3 saturated carbocycles. The van der Waals surface area contributed by atoms with Crippen molar-refractivity contribution in [3.8, 4) is 0 Å². The molecule has 0 aliphatic heterocycles. The maximum atomic E-state index is 14.1. The Morgan fingerprint density at radius 1 is 1.12 bits per heavy atom. The second-order valence-electron chi connectivity index (χ2n) is 12.7. The lowest BCUT2D eigenvalue weighted by atomic mass is 9.46. The number of allylic oxidation sites excluding steroid dienone is 4. The molecule has 0 spiro atoms. The van der Waals surface area contributed by atoms with Crippen molar-refractivity contribution in [2.24, 2.45) is 28.6 Å². The smallest absolute Gasteiger partial charge is 0.434 e. The van der Waals surface area contributed by atoms with Crippen LogP contribution in [0.3, 0.4) is 0 Å². The minimum atomic E-state index is -4.26. The van der Waals surface area contributed by atoms with Gasteiger partial charge in [-0.2, -0.15) is 8.42 Å². The molecule has 7 atom stereocenters. The highest BCUT2D eigenvalue weighted by molar-refractivity contribution is 7.86. The van der Waals surface area contributed by atoms with Crippen LogP contribution in [0, 0.1) is 35.5 Å². The quantitative estimate of drug-likeness (QED) is 0.328. The van der Waals surface area contributed by atoms with Crippen LogP contribution in [0.2, 0.25) is 0 Å². The van der Waals surface area contributed by atoms with Gasteiger partial charge in [0, 0.05) is 16.7 Å². The van der Waals surface area contributed by atoms with Gasteiger partial charge in [0.1, 0.15) is 6.61 Å². The molecule has 1 aromatic rings. The number of carbonyl (C=O) groups is 3. The zero-order valence-electron chi connectivity index (χ0n) is 24.6. The number of hydrogen-bond donors (Lipinski definition) is 1. The number of aryl methyl sites for hydroxylation is 1. The first-order valence-corrected chi connectivity index (χ1v) is 16.2. The van der Waals surface area contributed by atoms with Gasteiger partial charge in [-0.25, -0.2) is 4.79 Å². The Kier molecular flexibility index (Phi) is 8.04.